The molecule has 1 saturated heterocycles. The van der Waals surface area contributed by atoms with Gasteiger partial charge in [-0.1, -0.05) is 63.2 Å². The van der Waals surface area contributed by atoms with E-state index in [2.05, 4.69) is 31.0 Å². The molecule has 3 atom stereocenters. The normalized spacial score (nSPS) is 20.8. The molecule has 1 saturated carbocycles. The lowest BCUT2D eigenvalue weighted by Gasteiger charge is -2.20. The Bertz CT molecular complexity index is 1370. The number of likely N-dealkylation sites (tertiary alicyclic amines) is 1. The van der Waals surface area contributed by atoms with Crippen molar-refractivity contribution in [1.82, 2.24) is 10.2 Å². The van der Waals surface area contributed by atoms with Gasteiger partial charge in [-0.15, -0.1) is 0 Å². The fourth-order valence-corrected chi connectivity index (χ4v) is 5.86. The molecule has 2 N–H and O–H groups in total. The highest BCUT2D eigenvalue weighted by atomic mass is 19.4. The van der Waals surface area contributed by atoms with Crippen molar-refractivity contribution in [1.29, 1.82) is 0 Å². The van der Waals surface area contributed by atoms with E-state index in [0.29, 0.717) is 54.6 Å². The minimum absolute atomic E-state index is 0.00448. The largest absolute Gasteiger partial charge is 0.492 e. The minimum atomic E-state index is -4.32. The summed E-state index contributed by atoms with van der Waals surface area (Å²) < 4.78 is 50.6. The zero-order chi connectivity index (χ0) is 30.8. The van der Waals surface area contributed by atoms with Crippen molar-refractivity contribution in [2.75, 3.05) is 26.2 Å². The number of alkyl halides is 3. The Kier molecular flexibility index (Phi) is 9.04. The van der Waals surface area contributed by atoms with Crippen molar-refractivity contribution in [3.63, 3.8) is 0 Å². The first-order valence-electron chi connectivity index (χ1n) is 14.7. The van der Waals surface area contributed by atoms with Gasteiger partial charge in [0.15, 0.2) is 6.10 Å². The van der Waals surface area contributed by atoms with Crippen LogP contribution in [0.5, 0.6) is 11.5 Å². The molecule has 2 unspecified atom stereocenters. The second-order valence-corrected chi connectivity index (χ2v) is 12.6. The molecule has 1 aliphatic heterocycles. The van der Waals surface area contributed by atoms with E-state index < -0.39 is 23.8 Å². The lowest BCUT2D eigenvalue weighted by molar-refractivity contribution is -0.145. The molecule has 2 aliphatic rings. The smallest absolute Gasteiger partial charge is 0.416 e. The summed E-state index contributed by atoms with van der Waals surface area (Å²) in [6.07, 6.45) is -5.09. The summed E-state index contributed by atoms with van der Waals surface area (Å²) in [5.74, 6) is 1.25. The van der Waals surface area contributed by atoms with Crippen LogP contribution in [0, 0.1) is 11.8 Å². The van der Waals surface area contributed by atoms with E-state index in [1.165, 1.54) is 12.1 Å². The number of carbonyl (C=O) groups is 1. The molecule has 43 heavy (non-hydrogen) atoms. The van der Waals surface area contributed by atoms with Crippen LogP contribution in [0.25, 0.3) is 0 Å². The van der Waals surface area contributed by atoms with Crippen LogP contribution in [0.15, 0.2) is 72.8 Å². The molecule has 3 aromatic rings. The zero-order valence-corrected chi connectivity index (χ0v) is 24.7. The number of ether oxygens (including phenoxy) is 2. The molecule has 1 aliphatic carbocycles. The number of fused-ring (bicyclic) bond motifs is 1. The first-order valence-corrected chi connectivity index (χ1v) is 14.7. The predicted octanol–water partition coefficient (Wildman–Crippen LogP) is 6.18. The van der Waals surface area contributed by atoms with Crippen molar-refractivity contribution in [2.45, 2.75) is 57.5 Å². The summed E-state index contributed by atoms with van der Waals surface area (Å²) in [5.41, 5.74) is 2.09. The van der Waals surface area contributed by atoms with Crippen LogP contribution in [-0.4, -0.2) is 54.4 Å². The van der Waals surface area contributed by atoms with Crippen LogP contribution >= 0.6 is 0 Å². The monoisotopic (exact) mass is 596 g/mol. The van der Waals surface area contributed by atoms with Crippen LogP contribution < -0.4 is 14.8 Å². The first-order chi connectivity index (χ1) is 20.4. The Morgan fingerprint density at radius 3 is 2.19 bits per heavy atom. The molecule has 0 amide bonds. The number of hydrogen-bond acceptors (Lipinski definition) is 5. The molecule has 1 heterocycles. The molecule has 0 radical (unpaired) electrons. The van der Waals surface area contributed by atoms with Crippen LogP contribution in [-0.2, 0) is 29.4 Å². The van der Waals surface area contributed by atoms with Crippen molar-refractivity contribution in [3.8, 4) is 11.5 Å². The number of nitrogens with zero attached hydrogens (tertiary/aromatic N) is 1. The molecule has 5 rings (SSSR count). The lowest BCUT2D eigenvalue weighted by Crippen LogP contribution is -2.33. The van der Waals surface area contributed by atoms with E-state index in [-0.39, 0.29) is 11.8 Å². The van der Waals surface area contributed by atoms with Gasteiger partial charge in [-0.3, -0.25) is 4.90 Å². The molecule has 230 valence electrons. The molecule has 9 heteroatoms. The maximum Gasteiger partial charge on any atom is 0.416 e. The summed E-state index contributed by atoms with van der Waals surface area (Å²) in [7, 11) is 0. The average Bonchev–Trinajstić information content (AvgIpc) is 3.40. The third kappa shape index (κ3) is 8.09. The summed E-state index contributed by atoms with van der Waals surface area (Å²) in [6, 6.07) is 20.9. The van der Waals surface area contributed by atoms with Gasteiger partial charge >= 0.3 is 12.1 Å². The number of carboxylic acids is 1. The lowest BCUT2D eigenvalue weighted by atomic mass is 9.87. The molecular formula is C34H39F3N2O4. The zero-order valence-electron chi connectivity index (χ0n) is 24.7. The molecule has 3 aromatic carbocycles. The van der Waals surface area contributed by atoms with E-state index >= 15 is 0 Å². The number of piperidine rings is 1. The standard InChI is InChI=1S/C34H39F3N2O4/c1-33(2,3)24-9-13-27(14-10-24)43-30(32(40)41)18-22-7-11-26(12-8-22)42-16-15-38-31-28-20-39(21-29(28)31)19-23-5-4-6-25(17-23)34(35,36)37/h4-14,17,28-31,38H,15-16,18-21H2,1-3H3,(H,40,41)/t28?,29?,30-,31?/m0/s1. The maximum atomic E-state index is 13.0. The molecule has 2 fully saturated rings. The summed E-state index contributed by atoms with van der Waals surface area (Å²) in [6.45, 7) is 9.84. The molecule has 0 bridgehead atoms. The van der Waals surface area contributed by atoms with Crippen molar-refractivity contribution in [2.24, 2.45) is 11.8 Å². The molecule has 6 nitrogen and oxygen atoms in total. The number of rotatable bonds is 12. The van der Waals surface area contributed by atoms with Gasteiger partial charge in [-0.25, -0.2) is 4.79 Å². The summed E-state index contributed by atoms with van der Waals surface area (Å²) in [5, 5.41) is 13.3. The highest BCUT2D eigenvalue weighted by Gasteiger charge is 2.55. The van der Waals surface area contributed by atoms with Crippen LogP contribution in [0.2, 0.25) is 0 Å². The Morgan fingerprint density at radius 2 is 1.58 bits per heavy atom. The molecule has 0 aromatic heterocycles. The highest BCUT2D eigenvalue weighted by Crippen LogP contribution is 2.45. The van der Waals surface area contributed by atoms with Gasteiger partial charge in [0.1, 0.15) is 18.1 Å². The Balaban J connectivity index is 1.01. The predicted molar refractivity (Wildman–Crippen MR) is 158 cm³/mol. The maximum absolute atomic E-state index is 13.0. The number of carboxylic acid groups (broad SMARTS) is 1. The van der Waals surface area contributed by atoms with E-state index in [4.69, 9.17) is 9.47 Å². The van der Waals surface area contributed by atoms with Gasteiger partial charge in [0.25, 0.3) is 0 Å². The van der Waals surface area contributed by atoms with Crippen molar-refractivity contribution in [3.05, 3.63) is 95.1 Å². The van der Waals surface area contributed by atoms with Gasteiger partial charge < -0.3 is 19.9 Å². The van der Waals surface area contributed by atoms with E-state index in [0.717, 1.165) is 30.3 Å². The SMILES string of the molecule is CC(C)(C)c1ccc(O[C@@H](Cc2ccc(OCCNC3C4CN(Cc5cccc(C(F)(F)F)c5)CC43)cc2)C(=O)O)cc1. The van der Waals surface area contributed by atoms with Gasteiger partial charge in [0.2, 0.25) is 0 Å². The summed E-state index contributed by atoms with van der Waals surface area (Å²) in [4.78, 5) is 14.1. The van der Waals surface area contributed by atoms with E-state index in [1.807, 2.05) is 48.5 Å². The Hall–Kier alpha value is -3.56. The fraction of sp³-hybridized carbons (Fsp3) is 0.441. The minimum Gasteiger partial charge on any atom is -0.492 e. The number of nitrogens with one attached hydrogen (secondary N) is 1. The average molecular weight is 597 g/mol. The number of aliphatic carboxylic acids is 1. The van der Waals surface area contributed by atoms with E-state index in [1.54, 1.807) is 6.07 Å². The van der Waals surface area contributed by atoms with Gasteiger partial charge in [0.05, 0.1) is 5.56 Å². The van der Waals surface area contributed by atoms with Gasteiger partial charge in [-0.2, -0.15) is 13.2 Å². The number of hydrogen-bond donors (Lipinski definition) is 2. The number of benzene rings is 3. The Labute approximate surface area is 250 Å². The third-order valence-corrected chi connectivity index (χ3v) is 8.30. The second kappa shape index (κ2) is 12.6. The Morgan fingerprint density at radius 1 is 0.930 bits per heavy atom. The molecular weight excluding hydrogens is 557 g/mol. The van der Waals surface area contributed by atoms with Crippen LogP contribution in [0.3, 0.4) is 0 Å². The van der Waals surface area contributed by atoms with Crippen molar-refractivity contribution < 1.29 is 32.5 Å². The van der Waals surface area contributed by atoms with Crippen LogP contribution in [0.1, 0.15) is 43.0 Å². The van der Waals surface area contributed by atoms with E-state index in [9.17, 15) is 23.1 Å². The fourth-order valence-electron chi connectivity index (χ4n) is 5.86. The third-order valence-electron chi connectivity index (χ3n) is 8.30. The molecule has 0 spiro atoms. The number of halogens is 3. The second-order valence-electron chi connectivity index (χ2n) is 12.6. The highest BCUT2D eigenvalue weighted by molar-refractivity contribution is 5.73. The van der Waals surface area contributed by atoms with Crippen molar-refractivity contribution >= 4 is 5.97 Å². The van der Waals surface area contributed by atoms with Gasteiger partial charge in [0, 0.05) is 38.6 Å². The first kappa shape index (κ1) is 30.9. The quantitative estimate of drug-likeness (QED) is 0.244. The van der Waals surface area contributed by atoms with Gasteiger partial charge in [-0.05, 0) is 64.3 Å². The topological polar surface area (TPSA) is 71.0 Å². The summed E-state index contributed by atoms with van der Waals surface area (Å²) >= 11 is 0. The van der Waals surface area contributed by atoms with Crippen LogP contribution in [0.4, 0.5) is 13.2 Å².